The molecule has 0 fully saturated rings. The summed E-state index contributed by atoms with van der Waals surface area (Å²) in [6.07, 6.45) is 0.0804. The van der Waals surface area contributed by atoms with Crippen molar-refractivity contribution in [1.82, 2.24) is 29.7 Å². The molecule has 0 unspecified atom stereocenters. The van der Waals surface area contributed by atoms with Gasteiger partial charge in [0.05, 0.1) is 31.2 Å². The molecule has 0 bridgehead atoms. The molecule has 0 aliphatic carbocycles. The number of methoxy groups -OCH3 is 1. The summed E-state index contributed by atoms with van der Waals surface area (Å²) in [5, 5.41) is 10.9. The number of hydrogen-bond donors (Lipinski definition) is 1. The van der Waals surface area contributed by atoms with Crippen molar-refractivity contribution in [2.45, 2.75) is 26.4 Å². The second kappa shape index (κ2) is 8.50. The van der Waals surface area contributed by atoms with Gasteiger partial charge in [0.2, 0.25) is 0 Å². The molecule has 0 saturated heterocycles. The number of ether oxygens (including phenoxy) is 1. The topological polar surface area (TPSA) is 86.3 Å². The molecular weight excluding hydrogens is 406 g/mol. The van der Waals surface area contributed by atoms with Crippen molar-refractivity contribution in [3.63, 3.8) is 0 Å². The normalized spacial score (nSPS) is 11.3. The Balaban J connectivity index is 1.75. The third kappa shape index (κ3) is 3.83. The Hall–Kier alpha value is -3.82. The summed E-state index contributed by atoms with van der Waals surface area (Å²) in [7, 11) is 1.49. The maximum atomic E-state index is 13.8. The predicted octanol–water partition coefficient (Wildman–Crippen LogP) is 3.49. The van der Waals surface area contributed by atoms with Crippen LogP contribution in [-0.2, 0) is 13.1 Å². The van der Waals surface area contributed by atoms with E-state index in [1.807, 2.05) is 6.92 Å². The second-order valence-electron chi connectivity index (χ2n) is 6.68. The summed E-state index contributed by atoms with van der Waals surface area (Å²) in [5.74, 6) is 0.0154. The number of carbonyl (C=O) groups excluding carboxylic acids is 1. The molecule has 1 aromatic carbocycles. The monoisotopic (exact) mass is 426 g/mol. The number of para-hydroxylation sites is 1. The van der Waals surface area contributed by atoms with E-state index in [9.17, 15) is 13.6 Å². The van der Waals surface area contributed by atoms with Gasteiger partial charge in [0.15, 0.2) is 5.65 Å². The number of amides is 1. The van der Waals surface area contributed by atoms with E-state index in [0.717, 1.165) is 10.2 Å². The van der Waals surface area contributed by atoms with Crippen LogP contribution in [0.3, 0.4) is 0 Å². The minimum Gasteiger partial charge on any atom is -0.496 e. The molecule has 4 aromatic rings. The standard InChI is InChI=1S/C21H20F2N6O2/c1-3-28-13(8-9-25-28)11-24-21(30)15-12-26-29-17(19(22)23)10-16(27-20(15)29)14-6-4-5-7-18(14)31-2/h4-10,12,19H,3,11H2,1-2H3,(H,24,30). The summed E-state index contributed by atoms with van der Waals surface area (Å²) < 4.78 is 35.6. The molecule has 0 atom stereocenters. The summed E-state index contributed by atoms with van der Waals surface area (Å²) >= 11 is 0. The van der Waals surface area contributed by atoms with Crippen LogP contribution < -0.4 is 10.1 Å². The van der Waals surface area contributed by atoms with Crippen LogP contribution in [0, 0.1) is 0 Å². The van der Waals surface area contributed by atoms with Gasteiger partial charge in [-0.2, -0.15) is 10.2 Å². The molecule has 0 aliphatic heterocycles. The SMILES string of the molecule is CCn1nccc1CNC(=O)c1cnn2c(C(F)F)cc(-c3ccccc3OC)nc12. The zero-order chi connectivity index (χ0) is 22.0. The highest BCUT2D eigenvalue weighted by Gasteiger charge is 2.22. The minimum atomic E-state index is -2.81. The number of alkyl halides is 2. The van der Waals surface area contributed by atoms with Gasteiger partial charge < -0.3 is 10.1 Å². The average molecular weight is 426 g/mol. The van der Waals surface area contributed by atoms with Crippen LogP contribution in [0.4, 0.5) is 8.78 Å². The van der Waals surface area contributed by atoms with Gasteiger partial charge in [-0.3, -0.25) is 9.48 Å². The number of fused-ring (bicyclic) bond motifs is 1. The van der Waals surface area contributed by atoms with Crippen LogP contribution in [0.2, 0.25) is 0 Å². The van der Waals surface area contributed by atoms with Gasteiger partial charge in [-0.05, 0) is 31.2 Å². The number of rotatable bonds is 7. The Labute approximate surface area is 176 Å². The fraction of sp³-hybridized carbons (Fsp3) is 0.238. The van der Waals surface area contributed by atoms with E-state index in [1.54, 1.807) is 41.2 Å². The lowest BCUT2D eigenvalue weighted by Crippen LogP contribution is -2.24. The molecule has 4 rings (SSSR count). The van der Waals surface area contributed by atoms with Gasteiger partial charge in [0.25, 0.3) is 12.3 Å². The highest BCUT2D eigenvalue weighted by atomic mass is 19.3. The van der Waals surface area contributed by atoms with Crippen LogP contribution in [0.1, 0.15) is 35.1 Å². The lowest BCUT2D eigenvalue weighted by atomic mass is 10.1. The molecule has 0 aliphatic rings. The maximum absolute atomic E-state index is 13.8. The zero-order valence-electron chi connectivity index (χ0n) is 16.9. The number of nitrogens with one attached hydrogen (secondary N) is 1. The Morgan fingerprint density at radius 2 is 2.03 bits per heavy atom. The first-order chi connectivity index (χ1) is 15.0. The first-order valence-corrected chi connectivity index (χ1v) is 9.62. The van der Waals surface area contributed by atoms with Crippen molar-refractivity contribution in [3.05, 3.63) is 65.7 Å². The van der Waals surface area contributed by atoms with Gasteiger partial charge in [-0.25, -0.2) is 18.3 Å². The summed E-state index contributed by atoms with van der Waals surface area (Å²) in [6, 6.07) is 10.0. The molecule has 8 nitrogen and oxygen atoms in total. The highest BCUT2D eigenvalue weighted by molar-refractivity contribution is 5.99. The lowest BCUT2D eigenvalue weighted by Gasteiger charge is -2.11. The Morgan fingerprint density at radius 3 is 2.77 bits per heavy atom. The third-order valence-electron chi connectivity index (χ3n) is 4.88. The molecule has 31 heavy (non-hydrogen) atoms. The Morgan fingerprint density at radius 1 is 1.23 bits per heavy atom. The van der Waals surface area contributed by atoms with Gasteiger partial charge in [0, 0.05) is 18.3 Å². The van der Waals surface area contributed by atoms with Crippen LogP contribution in [0.5, 0.6) is 5.75 Å². The molecular formula is C21H20F2N6O2. The van der Waals surface area contributed by atoms with E-state index in [4.69, 9.17) is 4.74 Å². The first kappa shape index (κ1) is 20.5. The first-order valence-electron chi connectivity index (χ1n) is 9.62. The van der Waals surface area contributed by atoms with Gasteiger partial charge in [-0.1, -0.05) is 12.1 Å². The smallest absolute Gasteiger partial charge is 0.280 e. The minimum absolute atomic E-state index is 0.0419. The summed E-state index contributed by atoms with van der Waals surface area (Å²) in [4.78, 5) is 17.3. The quantitative estimate of drug-likeness (QED) is 0.489. The summed E-state index contributed by atoms with van der Waals surface area (Å²) in [6.45, 7) is 2.84. The van der Waals surface area contributed by atoms with Gasteiger partial charge in [0.1, 0.15) is 17.0 Å². The molecule has 0 spiro atoms. The molecule has 10 heteroatoms. The van der Waals surface area contributed by atoms with Gasteiger partial charge >= 0.3 is 0 Å². The second-order valence-corrected chi connectivity index (χ2v) is 6.68. The molecule has 3 aromatic heterocycles. The van der Waals surface area contributed by atoms with Crippen LogP contribution in [-0.4, -0.2) is 37.4 Å². The predicted molar refractivity (Wildman–Crippen MR) is 109 cm³/mol. The molecule has 0 saturated carbocycles. The Bertz CT molecular complexity index is 1230. The van der Waals surface area contributed by atoms with E-state index in [1.165, 1.54) is 19.4 Å². The molecule has 1 amide bonds. The third-order valence-corrected chi connectivity index (χ3v) is 4.88. The van der Waals surface area contributed by atoms with Crippen LogP contribution in [0.25, 0.3) is 16.9 Å². The number of aryl methyl sites for hydroxylation is 1. The number of carbonyl (C=O) groups is 1. The van der Waals surface area contributed by atoms with Crippen molar-refractivity contribution in [1.29, 1.82) is 0 Å². The highest BCUT2D eigenvalue weighted by Crippen LogP contribution is 2.32. The van der Waals surface area contributed by atoms with E-state index >= 15 is 0 Å². The Kier molecular flexibility index (Phi) is 5.61. The van der Waals surface area contributed by atoms with Crippen molar-refractivity contribution < 1.29 is 18.3 Å². The summed E-state index contributed by atoms with van der Waals surface area (Å²) in [5.41, 5.74) is 1.39. The number of halogens is 2. The van der Waals surface area contributed by atoms with Crippen molar-refractivity contribution >= 4 is 11.6 Å². The number of aromatic nitrogens is 5. The largest absolute Gasteiger partial charge is 0.496 e. The molecule has 1 N–H and O–H groups in total. The fourth-order valence-electron chi connectivity index (χ4n) is 3.36. The fourth-order valence-corrected chi connectivity index (χ4v) is 3.36. The van der Waals surface area contributed by atoms with E-state index in [-0.39, 0.29) is 29.1 Å². The molecule has 3 heterocycles. The molecule has 160 valence electrons. The number of benzene rings is 1. The van der Waals surface area contributed by atoms with Crippen molar-refractivity contribution in [2.75, 3.05) is 7.11 Å². The van der Waals surface area contributed by atoms with E-state index in [0.29, 0.717) is 17.9 Å². The molecule has 0 radical (unpaired) electrons. The van der Waals surface area contributed by atoms with E-state index in [2.05, 4.69) is 20.5 Å². The maximum Gasteiger partial charge on any atom is 0.280 e. The van der Waals surface area contributed by atoms with Crippen molar-refractivity contribution in [3.8, 4) is 17.0 Å². The number of nitrogens with zero attached hydrogens (tertiary/aromatic N) is 5. The van der Waals surface area contributed by atoms with E-state index < -0.39 is 12.3 Å². The lowest BCUT2D eigenvalue weighted by molar-refractivity contribution is 0.0951. The zero-order valence-corrected chi connectivity index (χ0v) is 16.9. The van der Waals surface area contributed by atoms with Crippen molar-refractivity contribution in [2.24, 2.45) is 0 Å². The van der Waals surface area contributed by atoms with Crippen LogP contribution >= 0.6 is 0 Å². The average Bonchev–Trinajstić information content (AvgIpc) is 3.43. The van der Waals surface area contributed by atoms with Crippen LogP contribution in [0.15, 0.2) is 48.8 Å². The van der Waals surface area contributed by atoms with Gasteiger partial charge in [-0.15, -0.1) is 0 Å². The number of hydrogen-bond acceptors (Lipinski definition) is 5.